The first-order chi connectivity index (χ1) is 15.7. The molecule has 3 amide bonds. The summed E-state index contributed by atoms with van der Waals surface area (Å²) >= 11 is 6.38. The van der Waals surface area contributed by atoms with Crippen LogP contribution in [0.2, 0.25) is 0 Å². The Kier molecular flexibility index (Phi) is 9.67. The van der Waals surface area contributed by atoms with Crippen molar-refractivity contribution < 1.29 is 33.8 Å². The highest BCUT2D eigenvalue weighted by atomic mass is 32.2. The number of rotatable bonds is 12. The van der Waals surface area contributed by atoms with E-state index < -0.39 is 23.8 Å². The third kappa shape index (κ3) is 7.46. The molecule has 1 aliphatic rings. The van der Waals surface area contributed by atoms with Gasteiger partial charge in [-0.3, -0.25) is 19.3 Å². The number of nitrogens with zero attached hydrogens (tertiary/aromatic N) is 1. The lowest BCUT2D eigenvalue weighted by atomic mass is 10.1. The summed E-state index contributed by atoms with van der Waals surface area (Å²) in [6.45, 7) is 2.34. The van der Waals surface area contributed by atoms with Gasteiger partial charge in [0.25, 0.3) is 5.91 Å². The van der Waals surface area contributed by atoms with Gasteiger partial charge in [-0.2, -0.15) is 0 Å². The van der Waals surface area contributed by atoms with Gasteiger partial charge in [-0.15, -0.1) is 0 Å². The zero-order chi connectivity index (χ0) is 24.5. The molecule has 0 saturated carbocycles. The highest BCUT2D eigenvalue weighted by molar-refractivity contribution is 8.26. The molecule has 0 radical (unpaired) electrons. The molecular formula is C21H25N3O7S2. The van der Waals surface area contributed by atoms with Crippen LogP contribution in [0.4, 0.5) is 0 Å². The first kappa shape index (κ1) is 26.1. The Morgan fingerprint density at radius 2 is 2.03 bits per heavy atom. The molecular weight excluding hydrogens is 470 g/mol. The Balaban J connectivity index is 2.01. The van der Waals surface area contributed by atoms with E-state index in [-0.39, 0.29) is 31.7 Å². The number of hydrogen-bond acceptors (Lipinski definition) is 8. The van der Waals surface area contributed by atoms with Crippen LogP contribution in [-0.2, 0) is 19.2 Å². The molecule has 1 heterocycles. The van der Waals surface area contributed by atoms with Crippen molar-refractivity contribution in [3.8, 4) is 11.5 Å². The van der Waals surface area contributed by atoms with Gasteiger partial charge < -0.3 is 25.6 Å². The monoisotopic (exact) mass is 495 g/mol. The van der Waals surface area contributed by atoms with Crippen molar-refractivity contribution in [3.63, 3.8) is 0 Å². The van der Waals surface area contributed by atoms with Gasteiger partial charge in [0, 0.05) is 19.4 Å². The zero-order valence-corrected chi connectivity index (χ0v) is 19.8. The smallest absolute Gasteiger partial charge is 0.326 e. The highest BCUT2D eigenvalue weighted by Crippen LogP contribution is 2.34. The Bertz CT molecular complexity index is 981. The number of thiocarbonyl (C=S) groups is 1. The van der Waals surface area contributed by atoms with Crippen molar-refractivity contribution in [2.75, 3.05) is 20.3 Å². The van der Waals surface area contributed by atoms with Gasteiger partial charge in [0.05, 0.1) is 18.6 Å². The Morgan fingerprint density at radius 3 is 2.64 bits per heavy atom. The number of primary amides is 1. The van der Waals surface area contributed by atoms with Crippen molar-refractivity contribution in [2.45, 2.75) is 32.2 Å². The van der Waals surface area contributed by atoms with E-state index in [1.807, 2.05) is 6.92 Å². The van der Waals surface area contributed by atoms with E-state index in [0.29, 0.717) is 32.9 Å². The van der Waals surface area contributed by atoms with E-state index in [1.54, 1.807) is 24.3 Å². The largest absolute Gasteiger partial charge is 0.493 e. The molecule has 0 bridgehead atoms. The second kappa shape index (κ2) is 12.2. The molecule has 1 saturated heterocycles. The quantitative estimate of drug-likeness (QED) is 0.290. The SMILES string of the molecule is CCOc1ccc(/C=C2/SC(=S)N(CCC(=O)N[C@@H](CCC(N)=O)C(=O)O)C2=O)cc1OC. The number of nitrogens with one attached hydrogen (secondary N) is 1. The lowest BCUT2D eigenvalue weighted by Crippen LogP contribution is -2.42. The molecule has 1 aromatic carbocycles. The number of aliphatic carboxylic acids is 1. The molecule has 0 spiro atoms. The van der Waals surface area contributed by atoms with E-state index in [2.05, 4.69) is 5.32 Å². The normalized spacial score (nSPS) is 15.5. The summed E-state index contributed by atoms with van der Waals surface area (Å²) in [5.41, 5.74) is 5.74. The van der Waals surface area contributed by atoms with Gasteiger partial charge in [-0.05, 0) is 37.1 Å². The predicted octanol–water partition coefficient (Wildman–Crippen LogP) is 1.52. The van der Waals surface area contributed by atoms with Crippen LogP contribution in [0, 0.1) is 0 Å². The number of benzene rings is 1. The van der Waals surface area contributed by atoms with Crippen molar-refractivity contribution in [3.05, 3.63) is 28.7 Å². The van der Waals surface area contributed by atoms with Crippen LogP contribution < -0.4 is 20.5 Å². The number of amides is 3. The van der Waals surface area contributed by atoms with Crippen molar-refractivity contribution in [2.24, 2.45) is 5.73 Å². The molecule has 0 aliphatic carbocycles. The standard InChI is InChI=1S/C21H25N3O7S2/c1-3-31-14-6-4-12(10-15(14)30-2)11-16-19(27)24(21(32)33-16)9-8-18(26)23-13(20(28)29)5-7-17(22)25/h4,6,10-11,13H,3,5,7-9H2,1-2H3,(H2,22,25)(H,23,26)(H,28,29)/b16-11+/t13-/m0/s1. The number of thioether (sulfide) groups is 1. The number of methoxy groups -OCH3 is 1. The summed E-state index contributed by atoms with van der Waals surface area (Å²) in [7, 11) is 1.52. The predicted molar refractivity (Wildman–Crippen MR) is 127 cm³/mol. The molecule has 0 unspecified atom stereocenters. The van der Waals surface area contributed by atoms with E-state index >= 15 is 0 Å². The average Bonchev–Trinajstić information content (AvgIpc) is 3.02. The third-order valence-corrected chi connectivity index (χ3v) is 5.91. The molecule has 0 aromatic heterocycles. The van der Waals surface area contributed by atoms with Gasteiger partial charge >= 0.3 is 5.97 Å². The number of carbonyl (C=O) groups excluding carboxylic acids is 3. The highest BCUT2D eigenvalue weighted by Gasteiger charge is 2.32. The number of ether oxygens (including phenoxy) is 2. The number of hydrogen-bond donors (Lipinski definition) is 3. The van der Waals surface area contributed by atoms with E-state index in [4.69, 9.17) is 27.4 Å². The Labute approximate surface area is 200 Å². The molecule has 1 aromatic rings. The van der Waals surface area contributed by atoms with Crippen molar-refractivity contribution in [1.82, 2.24) is 10.2 Å². The summed E-state index contributed by atoms with van der Waals surface area (Å²) in [6.07, 6.45) is 1.22. The second-order valence-corrected chi connectivity index (χ2v) is 8.57. The summed E-state index contributed by atoms with van der Waals surface area (Å²) in [6, 6.07) is 4.02. The van der Waals surface area contributed by atoms with Gasteiger partial charge in [-0.1, -0.05) is 30.0 Å². The molecule has 10 nitrogen and oxygen atoms in total. The first-order valence-corrected chi connectivity index (χ1v) is 11.2. The van der Waals surface area contributed by atoms with E-state index in [1.165, 1.54) is 12.0 Å². The average molecular weight is 496 g/mol. The van der Waals surface area contributed by atoms with Crippen LogP contribution in [0.5, 0.6) is 11.5 Å². The van der Waals surface area contributed by atoms with Crippen LogP contribution >= 0.6 is 24.0 Å². The van der Waals surface area contributed by atoms with Crippen LogP contribution in [0.3, 0.4) is 0 Å². The fraction of sp³-hybridized carbons (Fsp3) is 0.381. The van der Waals surface area contributed by atoms with Crippen LogP contribution in [0.1, 0.15) is 31.7 Å². The lowest BCUT2D eigenvalue weighted by molar-refractivity contribution is -0.142. The molecule has 1 atom stereocenters. The lowest BCUT2D eigenvalue weighted by Gasteiger charge is -2.16. The topological polar surface area (TPSA) is 148 Å². The molecule has 12 heteroatoms. The fourth-order valence-electron chi connectivity index (χ4n) is 2.92. The first-order valence-electron chi connectivity index (χ1n) is 10.0. The molecule has 2 rings (SSSR count). The minimum Gasteiger partial charge on any atom is -0.493 e. The Morgan fingerprint density at radius 1 is 1.30 bits per heavy atom. The maximum absolute atomic E-state index is 12.8. The molecule has 4 N–H and O–H groups in total. The fourth-order valence-corrected chi connectivity index (χ4v) is 4.23. The van der Waals surface area contributed by atoms with Crippen molar-refractivity contribution >= 4 is 58.1 Å². The maximum atomic E-state index is 12.8. The van der Waals surface area contributed by atoms with Crippen LogP contribution in [0.25, 0.3) is 6.08 Å². The summed E-state index contributed by atoms with van der Waals surface area (Å²) in [5.74, 6) is -1.75. The van der Waals surface area contributed by atoms with Gasteiger partial charge in [0.15, 0.2) is 11.5 Å². The maximum Gasteiger partial charge on any atom is 0.326 e. The number of carbonyl (C=O) groups is 4. The van der Waals surface area contributed by atoms with Crippen molar-refractivity contribution in [1.29, 1.82) is 0 Å². The third-order valence-electron chi connectivity index (χ3n) is 4.53. The molecule has 1 fully saturated rings. The van der Waals surface area contributed by atoms with Gasteiger partial charge in [0.1, 0.15) is 10.4 Å². The van der Waals surface area contributed by atoms with E-state index in [9.17, 15) is 24.3 Å². The Hall–Kier alpha value is -3.12. The summed E-state index contributed by atoms with van der Waals surface area (Å²) < 4.78 is 11.1. The second-order valence-electron chi connectivity index (χ2n) is 6.89. The van der Waals surface area contributed by atoms with E-state index in [0.717, 1.165) is 11.8 Å². The minimum atomic E-state index is -1.27. The van der Waals surface area contributed by atoms with Crippen LogP contribution in [0.15, 0.2) is 23.1 Å². The minimum absolute atomic E-state index is 0.0113. The summed E-state index contributed by atoms with van der Waals surface area (Å²) in [5, 5.41) is 11.5. The molecule has 178 valence electrons. The zero-order valence-electron chi connectivity index (χ0n) is 18.2. The number of nitrogens with two attached hydrogens (primary N) is 1. The molecule has 33 heavy (non-hydrogen) atoms. The summed E-state index contributed by atoms with van der Waals surface area (Å²) in [4.78, 5) is 48.8. The van der Waals surface area contributed by atoms with Gasteiger partial charge in [0.2, 0.25) is 11.8 Å². The number of carboxylic acid groups (broad SMARTS) is 1. The molecule has 1 aliphatic heterocycles. The van der Waals surface area contributed by atoms with Crippen LogP contribution in [-0.4, -0.2) is 64.3 Å². The van der Waals surface area contributed by atoms with Gasteiger partial charge in [-0.25, -0.2) is 4.79 Å². The number of carboxylic acids is 1.